The molecule has 0 heterocycles. The lowest BCUT2D eigenvalue weighted by Crippen LogP contribution is -2.42. The van der Waals surface area contributed by atoms with Crippen LogP contribution >= 0.6 is 45.2 Å². The fraction of sp³-hybridized carbons (Fsp3) is 0.375. The van der Waals surface area contributed by atoms with Gasteiger partial charge in [-0.1, -0.05) is 6.07 Å². The molecule has 124 valence electrons. The van der Waals surface area contributed by atoms with Gasteiger partial charge in [-0.3, -0.25) is 9.59 Å². The number of benzene rings is 1. The van der Waals surface area contributed by atoms with E-state index in [2.05, 4.69) is 0 Å². The first-order valence-corrected chi connectivity index (χ1v) is 9.23. The molecule has 1 aliphatic rings. The van der Waals surface area contributed by atoms with Crippen molar-refractivity contribution >= 4 is 62.7 Å². The highest BCUT2D eigenvalue weighted by Gasteiger charge is 2.57. The molecule has 1 aromatic carbocycles. The Balaban J connectivity index is 2.70. The number of rotatable bonds is 4. The minimum atomic E-state index is -1.57. The zero-order valence-electron chi connectivity index (χ0n) is 12.6. The molecule has 7 heteroatoms. The molecular formula is C16H15FI2O4. The molecule has 0 saturated heterocycles. The van der Waals surface area contributed by atoms with Crippen molar-refractivity contribution in [3.63, 3.8) is 0 Å². The normalized spacial score (nSPS) is 15.1. The van der Waals surface area contributed by atoms with Gasteiger partial charge >= 0.3 is 11.9 Å². The fourth-order valence-corrected chi connectivity index (χ4v) is 4.24. The molecule has 0 unspecified atom stereocenters. The van der Waals surface area contributed by atoms with Crippen LogP contribution in [0.1, 0.15) is 25.0 Å². The first kappa shape index (κ1) is 18.6. The van der Waals surface area contributed by atoms with E-state index in [-0.39, 0.29) is 19.6 Å². The van der Waals surface area contributed by atoms with E-state index in [0.29, 0.717) is 12.7 Å². The fourth-order valence-electron chi connectivity index (χ4n) is 2.74. The maximum absolute atomic E-state index is 13.7. The van der Waals surface area contributed by atoms with E-state index in [1.165, 1.54) is 12.1 Å². The smallest absolute Gasteiger partial charge is 0.328 e. The van der Waals surface area contributed by atoms with E-state index < -0.39 is 23.2 Å². The molecule has 0 N–H and O–H groups in total. The van der Waals surface area contributed by atoms with Gasteiger partial charge < -0.3 is 9.47 Å². The number of fused-ring (bicyclic) bond motifs is 1. The van der Waals surface area contributed by atoms with Gasteiger partial charge in [-0.15, -0.1) is 0 Å². The van der Waals surface area contributed by atoms with Crippen molar-refractivity contribution in [1.82, 2.24) is 0 Å². The van der Waals surface area contributed by atoms with Crippen molar-refractivity contribution in [1.29, 1.82) is 0 Å². The number of halogens is 3. The molecule has 0 bridgehead atoms. The van der Waals surface area contributed by atoms with Crippen LogP contribution in [0, 0.1) is 11.2 Å². The van der Waals surface area contributed by atoms with Crippen molar-refractivity contribution in [2.75, 3.05) is 13.2 Å². The summed E-state index contributed by atoms with van der Waals surface area (Å²) in [6, 6.07) is 4.27. The van der Waals surface area contributed by atoms with Gasteiger partial charge in [0, 0.05) is 12.0 Å². The van der Waals surface area contributed by atoms with Gasteiger partial charge in [0.2, 0.25) is 0 Å². The number of carbonyl (C=O) groups is 2. The van der Waals surface area contributed by atoms with Gasteiger partial charge in [-0.25, -0.2) is 4.39 Å². The van der Waals surface area contributed by atoms with E-state index in [9.17, 15) is 14.0 Å². The van der Waals surface area contributed by atoms with E-state index in [4.69, 9.17) is 9.47 Å². The lowest BCUT2D eigenvalue weighted by Gasteiger charge is -2.26. The van der Waals surface area contributed by atoms with Gasteiger partial charge in [-0.05, 0) is 82.3 Å². The van der Waals surface area contributed by atoms with Crippen molar-refractivity contribution in [3.05, 3.63) is 36.7 Å². The lowest BCUT2D eigenvalue weighted by atomic mass is 9.81. The maximum atomic E-state index is 13.7. The summed E-state index contributed by atoms with van der Waals surface area (Å²) in [5.41, 5.74) is 0.184. The second-order valence-corrected chi connectivity index (χ2v) is 9.18. The molecule has 0 aromatic heterocycles. The van der Waals surface area contributed by atoms with Gasteiger partial charge in [-0.2, -0.15) is 0 Å². The molecular weight excluding hydrogens is 529 g/mol. The number of carbonyl (C=O) groups excluding carboxylic acids is 2. The first-order valence-electron chi connectivity index (χ1n) is 7.07. The van der Waals surface area contributed by atoms with Crippen molar-refractivity contribution in [2.45, 2.75) is 20.3 Å². The van der Waals surface area contributed by atoms with Crippen LogP contribution in [0.15, 0.2) is 19.8 Å². The van der Waals surface area contributed by atoms with Crippen LogP contribution in [0.4, 0.5) is 4.39 Å². The zero-order chi connectivity index (χ0) is 17.2. The van der Waals surface area contributed by atoms with Crippen molar-refractivity contribution in [2.24, 2.45) is 5.41 Å². The highest BCUT2D eigenvalue weighted by molar-refractivity contribution is 14.2. The summed E-state index contributed by atoms with van der Waals surface area (Å²) in [5.74, 6) is -1.73. The standard InChI is InChI=1S/C16H15FI2O4/c1-3-22-14(20)16(15(21)23-4-2)8-9-5-6-10(17)7-11(9)12(16)13(18)19/h5-7H,3-4,8H2,1-2H3. The van der Waals surface area contributed by atoms with E-state index in [1.807, 2.05) is 45.2 Å². The molecule has 4 nitrogen and oxygen atoms in total. The minimum absolute atomic E-state index is 0.116. The van der Waals surface area contributed by atoms with Crippen LogP contribution in [0.2, 0.25) is 0 Å². The van der Waals surface area contributed by atoms with Crippen molar-refractivity contribution in [3.8, 4) is 0 Å². The van der Waals surface area contributed by atoms with E-state index >= 15 is 0 Å². The average molecular weight is 544 g/mol. The Hall–Kier alpha value is -0.710. The Morgan fingerprint density at radius 2 is 1.74 bits per heavy atom. The topological polar surface area (TPSA) is 52.6 Å². The van der Waals surface area contributed by atoms with Crippen LogP contribution in [0.5, 0.6) is 0 Å². The van der Waals surface area contributed by atoms with Crippen LogP contribution in [-0.4, -0.2) is 25.2 Å². The number of hydrogen-bond donors (Lipinski definition) is 0. The van der Waals surface area contributed by atoms with E-state index in [1.54, 1.807) is 19.9 Å². The van der Waals surface area contributed by atoms with Crippen LogP contribution in [0.25, 0.3) is 5.57 Å². The SMILES string of the molecule is CCOC(=O)C1(C(=O)OCC)Cc2ccc(F)cc2C1=C(I)I. The predicted octanol–water partition coefficient (Wildman–Crippen LogP) is 4.03. The number of ether oxygens (including phenoxy) is 2. The summed E-state index contributed by atoms with van der Waals surface area (Å²) in [5, 5.41) is 0. The Labute approximate surface area is 161 Å². The van der Waals surface area contributed by atoms with Crippen LogP contribution in [0.3, 0.4) is 0 Å². The highest BCUT2D eigenvalue weighted by atomic mass is 127. The Bertz CT molecular complexity index is 663. The Morgan fingerprint density at radius 3 is 2.22 bits per heavy atom. The highest BCUT2D eigenvalue weighted by Crippen LogP contribution is 2.52. The van der Waals surface area contributed by atoms with Gasteiger partial charge in [0.15, 0.2) is 5.41 Å². The number of hydrogen-bond acceptors (Lipinski definition) is 4. The van der Waals surface area contributed by atoms with Gasteiger partial charge in [0.25, 0.3) is 0 Å². The monoisotopic (exact) mass is 544 g/mol. The van der Waals surface area contributed by atoms with Crippen molar-refractivity contribution < 1.29 is 23.5 Å². The second-order valence-electron chi connectivity index (χ2n) is 4.96. The van der Waals surface area contributed by atoms with Gasteiger partial charge in [0.1, 0.15) is 5.82 Å². The predicted molar refractivity (Wildman–Crippen MR) is 101 cm³/mol. The molecule has 0 fully saturated rings. The third-order valence-electron chi connectivity index (χ3n) is 3.66. The molecule has 1 aromatic rings. The molecule has 1 aliphatic carbocycles. The average Bonchev–Trinajstić information content (AvgIpc) is 2.83. The molecule has 0 radical (unpaired) electrons. The molecule has 0 saturated carbocycles. The van der Waals surface area contributed by atoms with Gasteiger partial charge in [0.05, 0.1) is 14.8 Å². The van der Waals surface area contributed by atoms with Crippen LogP contribution in [-0.2, 0) is 25.5 Å². The molecule has 0 aliphatic heterocycles. The molecule has 2 rings (SSSR count). The van der Waals surface area contributed by atoms with E-state index in [0.717, 1.165) is 5.56 Å². The zero-order valence-corrected chi connectivity index (χ0v) is 16.9. The maximum Gasteiger partial charge on any atom is 0.328 e. The second kappa shape index (κ2) is 7.45. The molecule has 0 spiro atoms. The third kappa shape index (κ3) is 3.26. The molecule has 0 amide bonds. The van der Waals surface area contributed by atoms with Crippen LogP contribution < -0.4 is 0 Å². The summed E-state index contributed by atoms with van der Waals surface area (Å²) in [6.45, 7) is 3.65. The quantitative estimate of drug-likeness (QED) is 0.327. The summed E-state index contributed by atoms with van der Waals surface area (Å²) in [4.78, 5) is 25.4. The summed E-state index contributed by atoms with van der Waals surface area (Å²) >= 11 is 4.06. The molecule has 0 atom stereocenters. The lowest BCUT2D eigenvalue weighted by molar-refractivity contribution is -0.166. The summed E-state index contributed by atoms with van der Waals surface area (Å²) in [6.07, 6.45) is 0.116. The number of esters is 2. The Kier molecular flexibility index (Phi) is 6.04. The summed E-state index contributed by atoms with van der Waals surface area (Å²) in [7, 11) is 0. The Morgan fingerprint density at radius 1 is 1.17 bits per heavy atom. The molecule has 23 heavy (non-hydrogen) atoms. The minimum Gasteiger partial charge on any atom is -0.465 e. The third-order valence-corrected chi connectivity index (χ3v) is 4.74. The first-order chi connectivity index (χ1) is 10.9. The largest absolute Gasteiger partial charge is 0.465 e. The summed E-state index contributed by atoms with van der Waals surface area (Å²) < 4.78 is 24.7.